The molecule has 0 amide bonds. The van der Waals surface area contributed by atoms with Crippen molar-refractivity contribution in [1.29, 1.82) is 0 Å². The highest BCUT2D eigenvalue weighted by Gasteiger charge is 2.26. The van der Waals surface area contributed by atoms with Crippen molar-refractivity contribution >= 4 is 38.0 Å². The van der Waals surface area contributed by atoms with Crippen LogP contribution in [0.5, 0.6) is 0 Å². The molecule has 0 bridgehead atoms. The quantitative estimate of drug-likeness (QED) is 0.845. The lowest BCUT2D eigenvalue weighted by Crippen LogP contribution is -2.51. The van der Waals surface area contributed by atoms with Crippen molar-refractivity contribution in [3.8, 4) is 0 Å². The topological polar surface area (TPSA) is 36.4 Å². The minimum absolute atomic E-state index is 0.157. The van der Waals surface area contributed by atoms with Gasteiger partial charge in [-0.1, -0.05) is 30.6 Å². The summed E-state index contributed by atoms with van der Waals surface area (Å²) >= 11 is 2.80. The Bertz CT molecular complexity index is 697. The zero-order chi connectivity index (χ0) is 14.9. The molecule has 6 heteroatoms. The molecule has 22 heavy (non-hydrogen) atoms. The molecule has 4 nitrogen and oxygen atoms in total. The van der Waals surface area contributed by atoms with E-state index in [9.17, 15) is 4.79 Å². The molecule has 2 aromatic heterocycles. The maximum Gasteiger partial charge on any atom is 0.255 e. The maximum absolute atomic E-state index is 12.2. The molecule has 1 saturated heterocycles. The molecule has 0 radical (unpaired) electrons. The highest BCUT2D eigenvalue weighted by molar-refractivity contribution is 7.21. The van der Waals surface area contributed by atoms with Gasteiger partial charge in [-0.2, -0.15) is 0 Å². The van der Waals surface area contributed by atoms with E-state index in [1.54, 1.807) is 0 Å². The summed E-state index contributed by atoms with van der Waals surface area (Å²) in [5.41, 5.74) is 0.860. The van der Waals surface area contributed by atoms with Crippen molar-refractivity contribution in [3.05, 3.63) is 21.0 Å². The first-order valence-electron chi connectivity index (χ1n) is 8.18. The molecule has 4 rings (SSSR count). The molecular weight excluding hydrogens is 314 g/mol. The van der Waals surface area contributed by atoms with E-state index in [1.807, 2.05) is 11.4 Å². The fraction of sp³-hybridized carbons (Fsp3) is 0.625. The molecule has 2 fully saturated rings. The average Bonchev–Trinajstić information content (AvgIpc) is 3.05. The fourth-order valence-corrected chi connectivity index (χ4v) is 5.41. The zero-order valence-electron chi connectivity index (χ0n) is 12.7. The Balaban J connectivity index is 1.47. The van der Waals surface area contributed by atoms with Crippen molar-refractivity contribution in [2.24, 2.45) is 0 Å². The summed E-state index contributed by atoms with van der Waals surface area (Å²) in [5.74, 6) is 0. The van der Waals surface area contributed by atoms with Gasteiger partial charge >= 0.3 is 0 Å². The number of hydrogen-bond acceptors (Lipinski definition) is 6. The van der Waals surface area contributed by atoms with Gasteiger partial charge in [0, 0.05) is 32.2 Å². The number of rotatable bonds is 2. The predicted molar refractivity (Wildman–Crippen MR) is 94.4 cm³/mol. The Kier molecular flexibility index (Phi) is 4.15. The number of aromatic nitrogens is 1. The molecule has 0 N–H and O–H groups in total. The lowest BCUT2D eigenvalue weighted by atomic mass is 9.94. The third kappa shape index (κ3) is 2.79. The Morgan fingerprint density at radius 1 is 1.09 bits per heavy atom. The van der Waals surface area contributed by atoms with Crippen LogP contribution in [0.1, 0.15) is 32.1 Å². The summed E-state index contributed by atoms with van der Waals surface area (Å²) in [6.07, 6.45) is 6.93. The Labute approximate surface area is 138 Å². The molecule has 1 aliphatic carbocycles. The number of fused-ring (bicyclic) bond motifs is 1. The van der Waals surface area contributed by atoms with E-state index in [0.717, 1.165) is 47.6 Å². The standard InChI is InChI=1S/C16H21N3OS2/c20-15-14-13(6-11-21-14)17-16(22-15)19-9-7-18(8-10-19)12-4-2-1-3-5-12/h6,11-12H,1-5,7-10H2. The van der Waals surface area contributed by atoms with E-state index in [0.29, 0.717) is 0 Å². The van der Waals surface area contributed by atoms with Crippen LogP contribution in [0.2, 0.25) is 0 Å². The van der Waals surface area contributed by atoms with Crippen LogP contribution in [0.4, 0.5) is 5.13 Å². The zero-order valence-corrected chi connectivity index (χ0v) is 14.3. The molecule has 2 aromatic rings. The number of nitrogens with zero attached hydrogens (tertiary/aromatic N) is 3. The minimum Gasteiger partial charge on any atom is -0.345 e. The fourth-order valence-electron chi connectivity index (χ4n) is 3.66. The van der Waals surface area contributed by atoms with E-state index in [-0.39, 0.29) is 4.74 Å². The number of hydrogen-bond donors (Lipinski definition) is 0. The molecule has 0 unspecified atom stereocenters. The van der Waals surface area contributed by atoms with Gasteiger partial charge < -0.3 is 4.90 Å². The second-order valence-electron chi connectivity index (χ2n) is 6.23. The molecule has 2 aliphatic rings. The smallest absolute Gasteiger partial charge is 0.255 e. The molecule has 0 aromatic carbocycles. The van der Waals surface area contributed by atoms with E-state index < -0.39 is 0 Å². The van der Waals surface area contributed by atoms with Gasteiger partial charge in [-0.05, 0) is 24.3 Å². The summed E-state index contributed by atoms with van der Waals surface area (Å²) in [6.45, 7) is 4.20. The molecule has 0 spiro atoms. The summed E-state index contributed by atoms with van der Waals surface area (Å²) in [4.78, 5) is 21.8. The normalized spacial score (nSPS) is 21.5. The van der Waals surface area contributed by atoms with E-state index >= 15 is 0 Å². The molecule has 3 heterocycles. The van der Waals surface area contributed by atoms with Crippen molar-refractivity contribution in [2.45, 2.75) is 38.1 Å². The summed E-state index contributed by atoms with van der Waals surface area (Å²) in [6, 6.07) is 2.75. The molecule has 118 valence electrons. The van der Waals surface area contributed by atoms with Crippen molar-refractivity contribution in [2.75, 3.05) is 31.1 Å². The summed E-state index contributed by atoms with van der Waals surface area (Å²) < 4.78 is 0.958. The van der Waals surface area contributed by atoms with Gasteiger partial charge in [-0.3, -0.25) is 9.69 Å². The van der Waals surface area contributed by atoms with E-state index in [1.165, 1.54) is 54.8 Å². The molecular formula is C16H21N3OS2. The van der Waals surface area contributed by atoms with Crippen LogP contribution < -0.4 is 9.64 Å². The molecule has 0 atom stereocenters. The summed E-state index contributed by atoms with van der Waals surface area (Å²) in [7, 11) is 0. The monoisotopic (exact) mass is 335 g/mol. The van der Waals surface area contributed by atoms with Gasteiger partial charge in [0.1, 0.15) is 4.70 Å². The van der Waals surface area contributed by atoms with Crippen LogP contribution in [-0.4, -0.2) is 42.1 Å². The van der Waals surface area contributed by atoms with Gasteiger partial charge in [0.15, 0.2) is 5.13 Å². The van der Waals surface area contributed by atoms with Gasteiger partial charge in [0.05, 0.1) is 5.52 Å². The largest absolute Gasteiger partial charge is 0.345 e. The van der Waals surface area contributed by atoms with Gasteiger partial charge in [-0.15, -0.1) is 11.3 Å². The maximum atomic E-state index is 12.2. The predicted octanol–water partition coefficient (Wildman–Crippen LogP) is 3.17. The first kappa shape index (κ1) is 14.6. The van der Waals surface area contributed by atoms with Crippen LogP contribution in [0.25, 0.3) is 10.2 Å². The highest BCUT2D eigenvalue weighted by Crippen LogP contribution is 2.26. The highest BCUT2D eigenvalue weighted by atomic mass is 32.1. The third-order valence-corrected chi connectivity index (χ3v) is 6.86. The van der Waals surface area contributed by atoms with E-state index in [4.69, 9.17) is 4.98 Å². The van der Waals surface area contributed by atoms with Crippen LogP contribution in [0.15, 0.2) is 16.2 Å². The lowest BCUT2D eigenvalue weighted by Gasteiger charge is -2.40. The van der Waals surface area contributed by atoms with Crippen LogP contribution in [0, 0.1) is 0 Å². The number of anilines is 1. The van der Waals surface area contributed by atoms with Crippen LogP contribution >= 0.6 is 22.7 Å². The Morgan fingerprint density at radius 2 is 1.86 bits per heavy atom. The number of piperazine rings is 1. The van der Waals surface area contributed by atoms with Crippen molar-refractivity contribution in [1.82, 2.24) is 9.88 Å². The van der Waals surface area contributed by atoms with Crippen molar-refractivity contribution in [3.63, 3.8) is 0 Å². The lowest BCUT2D eigenvalue weighted by molar-refractivity contribution is 0.148. The first-order chi connectivity index (χ1) is 10.8. The van der Waals surface area contributed by atoms with Crippen LogP contribution in [-0.2, 0) is 0 Å². The second kappa shape index (κ2) is 6.26. The first-order valence-corrected chi connectivity index (χ1v) is 9.88. The van der Waals surface area contributed by atoms with Crippen molar-refractivity contribution < 1.29 is 0 Å². The van der Waals surface area contributed by atoms with Gasteiger partial charge in [0.2, 0.25) is 0 Å². The average molecular weight is 335 g/mol. The van der Waals surface area contributed by atoms with E-state index in [2.05, 4.69) is 9.80 Å². The van der Waals surface area contributed by atoms with Crippen LogP contribution in [0.3, 0.4) is 0 Å². The minimum atomic E-state index is 0.157. The Hall–Kier alpha value is -0.980. The second-order valence-corrected chi connectivity index (χ2v) is 8.09. The Morgan fingerprint density at radius 3 is 2.64 bits per heavy atom. The molecule has 1 aliphatic heterocycles. The number of thiophene rings is 1. The van der Waals surface area contributed by atoms with Gasteiger partial charge in [-0.25, -0.2) is 4.98 Å². The summed E-state index contributed by atoms with van der Waals surface area (Å²) in [5, 5.41) is 2.86. The SMILES string of the molecule is O=c1sc(N2CCN(C3CCCCC3)CC2)nc2ccsc12. The molecule has 1 saturated carbocycles. The van der Waals surface area contributed by atoms with Gasteiger partial charge in [0.25, 0.3) is 4.74 Å². The third-order valence-electron chi connectivity index (χ3n) is 4.91.